The van der Waals surface area contributed by atoms with Crippen LogP contribution in [0.4, 0.5) is 10.5 Å². The van der Waals surface area contributed by atoms with Crippen LogP contribution in [0, 0.1) is 0 Å². The van der Waals surface area contributed by atoms with Gasteiger partial charge in [0.2, 0.25) is 0 Å². The van der Waals surface area contributed by atoms with E-state index < -0.39 is 6.16 Å². The van der Waals surface area contributed by atoms with E-state index in [1.54, 1.807) is 12.1 Å². The molecule has 1 N–H and O–H groups in total. The summed E-state index contributed by atoms with van der Waals surface area (Å²) in [7, 11) is 1.30. The highest BCUT2D eigenvalue weighted by Crippen LogP contribution is 2.27. The number of para-hydroxylation sites is 1. The zero-order chi connectivity index (χ0) is 24.2. The van der Waals surface area contributed by atoms with E-state index in [0.29, 0.717) is 11.3 Å². The topological polar surface area (TPSA) is 88.0 Å². The van der Waals surface area contributed by atoms with Gasteiger partial charge in [-0.25, -0.2) is 9.59 Å². The minimum atomic E-state index is -0.717. The Morgan fingerprint density at radius 2 is 1.86 bits per heavy atom. The zero-order valence-electron chi connectivity index (χ0n) is 19.8. The summed E-state index contributed by atoms with van der Waals surface area (Å²) in [6, 6.07) is 14.9. The van der Waals surface area contributed by atoms with E-state index in [4.69, 9.17) is 9.15 Å². The zero-order valence-corrected chi connectivity index (χ0v) is 19.8. The van der Waals surface area contributed by atoms with Crippen molar-refractivity contribution in [2.45, 2.75) is 19.3 Å². The van der Waals surface area contributed by atoms with Crippen molar-refractivity contribution in [3.8, 4) is 5.75 Å². The smallest absolute Gasteiger partial charge is 0.437 e. The van der Waals surface area contributed by atoms with E-state index in [2.05, 4.69) is 19.5 Å². The van der Waals surface area contributed by atoms with E-state index in [9.17, 15) is 9.59 Å². The maximum atomic E-state index is 12.0. The molecule has 3 heterocycles. The minimum absolute atomic E-state index is 0.303. The van der Waals surface area contributed by atoms with Crippen LogP contribution in [0.2, 0.25) is 0 Å². The molecule has 1 aliphatic rings. The number of carbonyl (C=O) groups is 1. The number of nitrogens with zero attached hydrogens (tertiary/aromatic N) is 2. The average molecular weight is 476 g/mol. The van der Waals surface area contributed by atoms with Crippen LogP contribution in [0.1, 0.15) is 18.4 Å². The number of methoxy groups -OCH3 is 1. The predicted octanol–water partition coefficient (Wildman–Crippen LogP) is 4.56. The monoisotopic (exact) mass is 475 g/mol. The lowest BCUT2D eigenvalue weighted by molar-refractivity contribution is 0.121. The van der Waals surface area contributed by atoms with Gasteiger partial charge in [-0.1, -0.05) is 12.1 Å². The van der Waals surface area contributed by atoms with Crippen molar-refractivity contribution in [3.63, 3.8) is 0 Å². The van der Waals surface area contributed by atoms with Gasteiger partial charge in [-0.15, -0.1) is 0 Å². The molecular formula is C27H29N3O5. The summed E-state index contributed by atoms with van der Waals surface area (Å²) in [6.07, 6.45) is 4.44. The van der Waals surface area contributed by atoms with E-state index in [-0.39, 0.29) is 5.63 Å². The van der Waals surface area contributed by atoms with Gasteiger partial charge in [0.05, 0.1) is 12.8 Å². The van der Waals surface area contributed by atoms with Crippen molar-refractivity contribution in [2.75, 3.05) is 44.7 Å². The molecule has 182 valence electrons. The number of carbonyl (C=O) groups excluding carboxylic acids is 1. The first kappa shape index (κ1) is 23.0. The molecule has 4 aromatic rings. The maximum Gasteiger partial charge on any atom is 0.513 e. The van der Waals surface area contributed by atoms with Crippen LogP contribution in [0.3, 0.4) is 0 Å². The summed E-state index contributed by atoms with van der Waals surface area (Å²) in [5.74, 6) is 0.479. The molecule has 0 amide bonds. The second-order valence-electron chi connectivity index (χ2n) is 8.81. The summed E-state index contributed by atoms with van der Waals surface area (Å²) in [5, 5.41) is 2.05. The van der Waals surface area contributed by atoms with Crippen molar-refractivity contribution < 1.29 is 18.7 Å². The summed E-state index contributed by atoms with van der Waals surface area (Å²) >= 11 is 0. The summed E-state index contributed by atoms with van der Waals surface area (Å²) in [6.45, 7) is 4.76. The number of benzene rings is 2. The van der Waals surface area contributed by atoms with Crippen LogP contribution in [0.25, 0.3) is 21.9 Å². The van der Waals surface area contributed by atoms with Gasteiger partial charge in [0.1, 0.15) is 11.3 Å². The number of aryl methyl sites for hydroxylation is 1. The SMILES string of the molecule is COC(=O)Oc1ccc2[nH]cc(CCCCN3CCN(c4cc(=O)oc5ccccc45)CC3)c2c1. The predicted molar refractivity (Wildman–Crippen MR) is 135 cm³/mol. The van der Waals surface area contributed by atoms with Crippen LogP contribution < -0.4 is 15.3 Å². The molecule has 0 unspecified atom stereocenters. The number of hydrogen-bond acceptors (Lipinski definition) is 7. The molecular weight excluding hydrogens is 446 g/mol. The number of aromatic nitrogens is 1. The molecule has 35 heavy (non-hydrogen) atoms. The van der Waals surface area contributed by atoms with E-state index >= 15 is 0 Å². The number of ether oxygens (including phenoxy) is 2. The number of nitrogens with one attached hydrogen (secondary N) is 1. The Morgan fingerprint density at radius 3 is 2.69 bits per heavy atom. The fourth-order valence-corrected chi connectivity index (χ4v) is 4.79. The quantitative estimate of drug-likeness (QED) is 0.181. The highest BCUT2D eigenvalue weighted by atomic mass is 16.7. The number of aromatic amines is 1. The number of fused-ring (bicyclic) bond motifs is 2. The third-order valence-electron chi connectivity index (χ3n) is 6.62. The van der Waals surface area contributed by atoms with Crippen molar-refractivity contribution in [2.24, 2.45) is 0 Å². The van der Waals surface area contributed by atoms with E-state index in [1.165, 1.54) is 12.7 Å². The Hall–Kier alpha value is -3.78. The van der Waals surface area contributed by atoms with Crippen LogP contribution in [-0.2, 0) is 11.2 Å². The van der Waals surface area contributed by atoms with Gasteiger partial charge < -0.3 is 23.8 Å². The molecule has 8 nitrogen and oxygen atoms in total. The van der Waals surface area contributed by atoms with E-state index in [1.807, 2.05) is 42.6 Å². The molecule has 1 saturated heterocycles. The number of hydrogen-bond donors (Lipinski definition) is 1. The molecule has 0 bridgehead atoms. The summed E-state index contributed by atoms with van der Waals surface area (Å²) in [4.78, 5) is 31.5. The van der Waals surface area contributed by atoms with Crippen LogP contribution in [0.5, 0.6) is 5.75 Å². The van der Waals surface area contributed by atoms with Crippen molar-refractivity contribution in [1.29, 1.82) is 0 Å². The van der Waals surface area contributed by atoms with Crippen molar-refractivity contribution >= 4 is 33.7 Å². The fourth-order valence-electron chi connectivity index (χ4n) is 4.79. The van der Waals surface area contributed by atoms with Gasteiger partial charge >= 0.3 is 11.8 Å². The molecule has 0 aliphatic carbocycles. The molecule has 0 radical (unpaired) electrons. The Bertz CT molecular complexity index is 1380. The third kappa shape index (κ3) is 5.17. The molecule has 1 fully saturated rings. The molecule has 0 spiro atoms. The van der Waals surface area contributed by atoms with Crippen LogP contribution >= 0.6 is 0 Å². The van der Waals surface area contributed by atoms with Gasteiger partial charge in [0, 0.05) is 54.7 Å². The largest absolute Gasteiger partial charge is 0.513 e. The van der Waals surface area contributed by atoms with Crippen LogP contribution in [-0.4, -0.2) is 55.9 Å². The summed E-state index contributed by atoms with van der Waals surface area (Å²) in [5.41, 5.74) is 3.54. The number of H-pyrrole nitrogens is 1. The standard InChI is InChI=1S/C27H29N3O5/c1-33-27(32)34-20-9-10-23-22(16-20)19(18-28-23)6-4-5-11-29-12-14-30(15-13-29)24-17-26(31)35-25-8-3-2-7-21(24)25/h2-3,7-10,16-18,28H,4-6,11-15H2,1H3. The number of rotatable bonds is 7. The Balaban J connectivity index is 1.13. The Labute approximate surface area is 203 Å². The highest BCUT2D eigenvalue weighted by Gasteiger charge is 2.19. The first-order valence-corrected chi connectivity index (χ1v) is 12.0. The highest BCUT2D eigenvalue weighted by molar-refractivity contribution is 5.90. The van der Waals surface area contributed by atoms with Gasteiger partial charge in [-0.2, -0.15) is 0 Å². The molecule has 0 saturated carbocycles. The van der Waals surface area contributed by atoms with Crippen LogP contribution in [0.15, 0.2) is 63.9 Å². The number of unbranched alkanes of at least 4 members (excludes halogenated alkanes) is 1. The minimum Gasteiger partial charge on any atom is -0.437 e. The normalized spacial score (nSPS) is 14.5. The third-order valence-corrected chi connectivity index (χ3v) is 6.62. The van der Waals surface area contributed by atoms with Crippen molar-refractivity contribution in [3.05, 3.63) is 70.7 Å². The van der Waals surface area contributed by atoms with Gasteiger partial charge in [-0.05, 0) is 61.7 Å². The second kappa shape index (κ2) is 10.2. The van der Waals surface area contributed by atoms with Gasteiger partial charge in [0.25, 0.3) is 0 Å². The number of anilines is 1. The number of piperazine rings is 1. The maximum absolute atomic E-state index is 12.0. The first-order valence-electron chi connectivity index (χ1n) is 12.0. The Kier molecular flexibility index (Phi) is 6.72. The molecule has 8 heteroatoms. The Morgan fingerprint density at radius 1 is 1.03 bits per heavy atom. The van der Waals surface area contributed by atoms with Crippen molar-refractivity contribution in [1.82, 2.24) is 9.88 Å². The van der Waals surface area contributed by atoms with Gasteiger partial charge in [-0.3, -0.25) is 4.90 Å². The molecule has 2 aromatic carbocycles. The fraction of sp³-hybridized carbons (Fsp3) is 0.333. The molecule has 5 rings (SSSR count). The van der Waals surface area contributed by atoms with E-state index in [0.717, 1.165) is 74.0 Å². The molecule has 1 aliphatic heterocycles. The molecule has 2 aromatic heterocycles. The summed E-state index contributed by atoms with van der Waals surface area (Å²) < 4.78 is 15.1. The lowest BCUT2D eigenvalue weighted by Gasteiger charge is -2.36. The molecule has 0 atom stereocenters. The lowest BCUT2D eigenvalue weighted by Crippen LogP contribution is -2.46. The lowest BCUT2D eigenvalue weighted by atomic mass is 10.1. The second-order valence-corrected chi connectivity index (χ2v) is 8.81. The van der Waals surface area contributed by atoms with Gasteiger partial charge in [0.15, 0.2) is 0 Å². The first-order chi connectivity index (χ1) is 17.1. The average Bonchev–Trinajstić information content (AvgIpc) is 3.28.